The van der Waals surface area contributed by atoms with Gasteiger partial charge in [0.25, 0.3) is 5.24 Å². The van der Waals surface area contributed by atoms with Crippen LogP contribution in [0.15, 0.2) is 35.4 Å². The maximum absolute atomic E-state index is 12.6. The Morgan fingerprint density at radius 3 is 2.70 bits per heavy atom. The lowest BCUT2D eigenvalue weighted by atomic mass is 10.1. The van der Waals surface area contributed by atoms with Gasteiger partial charge in [0, 0.05) is 11.1 Å². The third-order valence-electron chi connectivity index (χ3n) is 3.12. The van der Waals surface area contributed by atoms with Crippen LogP contribution in [0.4, 0.5) is 18.0 Å². The Labute approximate surface area is 133 Å². The molecule has 0 bridgehead atoms. The lowest BCUT2D eigenvalue weighted by Crippen LogP contribution is -2.07. The lowest BCUT2D eigenvalue weighted by molar-refractivity contribution is -0.144. The number of nitrogens with one attached hydrogen (secondary N) is 1. The zero-order valence-electron chi connectivity index (χ0n) is 12.0. The van der Waals surface area contributed by atoms with E-state index in [2.05, 4.69) is 11.2 Å². The number of rotatable bonds is 5. The second-order valence-corrected chi connectivity index (χ2v) is 6.47. The van der Waals surface area contributed by atoms with Crippen molar-refractivity contribution in [2.45, 2.75) is 25.6 Å². The number of esters is 1. The zero-order valence-corrected chi connectivity index (χ0v) is 12.8. The van der Waals surface area contributed by atoms with E-state index in [0.717, 1.165) is 17.0 Å². The number of amides is 1. The maximum Gasteiger partial charge on any atom is 0.416 e. The Hall–Kier alpha value is -2.09. The number of carbonyl (C=O) groups excluding carboxylic acids is 2. The minimum atomic E-state index is -4.43. The van der Waals surface area contributed by atoms with E-state index < -0.39 is 28.2 Å². The van der Waals surface area contributed by atoms with Crippen molar-refractivity contribution < 1.29 is 27.5 Å². The molecule has 1 aromatic carbocycles. The SMILES string of the molecule is C=S1C(=O)NC=C1CCC(=O)OCc1cccc(C(F)(F)F)c1. The molecule has 1 unspecified atom stereocenters. The predicted octanol–water partition coefficient (Wildman–Crippen LogP) is 3.79. The number of allylic oxidation sites excluding steroid dienone is 1. The van der Waals surface area contributed by atoms with Gasteiger partial charge in [-0.1, -0.05) is 28.5 Å². The third kappa shape index (κ3) is 4.69. The van der Waals surface area contributed by atoms with E-state index in [1.54, 1.807) is 0 Å². The van der Waals surface area contributed by atoms with E-state index in [-0.39, 0.29) is 23.8 Å². The summed E-state index contributed by atoms with van der Waals surface area (Å²) in [6, 6.07) is 4.62. The molecule has 2 rings (SSSR count). The molecule has 1 aliphatic rings. The van der Waals surface area contributed by atoms with Gasteiger partial charge in [0.15, 0.2) is 0 Å². The van der Waals surface area contributed by atoms with Gasteiger partial charge in [-0.3, -0.25) is 9.59 Å². The quantitative estimate of drug-likeness (QED) is 0.652. The van der Waals surface area contributed by atoms with Crippen molar-refractivity contribution in [3.05, 3.63) is 46.5 Å². The Kier molecular flexibility index (Phi) is 5.25. The van der Waals surface area contributed by atoms with Gasteiger partial charge < -0.3 is 10.1 Å². The highest BCUT2D eigenvalue weighted by molar-refractivity contribution is 8.30. The molecule has 23 heavy (non-hydrogen) atoms. The number of hydrogen-bond acceptors (Lipinski definition) is 3. The van der Waals surface area contributed by atoms with E-state index in [1.165, 1.54) is 18.3 Å². The fraction of sp³-hybridized carbons (Fsp3) is 0.267. The van der Waals surface area contributed by atoms with Crippen molar-refractivity contribution in [3.63, 3.8) is 0 Å². The number of halogens is 3. The van der Waals surface area contributed by atoms with Gasteiger partial charge in [0.05, 0.1) is 12.0 Å². The van der Waals surface area contributed by atoms with Gasteiger partial charge in [-0.25, -0.2) is 0 Å². The molecule has 1 atom stereocenters. The predicted molar refractivity (Wildman–Crippen MR) is 81.8 cm³/mol. The summed E-state index contributed by atoms with van der Waals surface area (Å²) in [7, 11) is -0.796. The van der Waals surface area contributed by atoms with Crippen molar-refractivity contribution in [1.82, 2.24) is 5.32 Å². The highest BCUT2D eigenvalue weighted by atomic mass is 32.2. The molecule has 1 heterocycles. The molecule has 1 aliphatic heterocycles. The monoisotopic (exact) mass is 345 g/mol. The van der Waals surface area contributed by atoms with Crippen LogP contribution in [0, 0.1) is 0 Å². The summed E-state index contributed by atoms with van der Waals surface area (Å²) in [4.78, 5) is 23.6. The molecule has 0 spiro atoms. The minimum absolute atomic E-state index is 0.0405. The first-order valence-electron chi connectivity index (χ1n) is 6.62. The Balaban J connectivity index is 1.83. The van der Waals surface area contributed by atoms with Gasteiger partial charge >= 0.3 is 12.1 Å². The number of carbonyl (C=O) groups is 2. The minimum Gasteiger partial charge on any atom is -0.461 e. The number of ether oxygens (including phenoxy) is 1. The van der Waals surface area contributed by atoms with Crippen LogP contribution >= 0.6 is 10.5 Å². The number of hydrogen-bond donors (Lipinski definition) is 1. The normalized spacial score (nSPS) is 17.6. The summed E-state index contributed by atoms with van der Waals surface area (Å²) in [5, 5.41) is 2.31. The van der Waals surface area contributed by atoms with Gasteiger partial charge in [-0.05, 0) is 24.1 Å². The lowest BCUT2D eigenvalue weighted by Gasteiger charge is -2.09. The smallest absolute Gasteiger partial charge is 0.416 e. The molecule has 0 saturated carbocycles. The second-order valence-electron chi connectivity index (χ2n) is 4.79. The van der Waals surface area contributed by atoms with Crippen LogP contribution in [0.25, 0.3) is 0 Å². The van der Waals surface area contributed by atoms with Crippen LogP contribution in [0.3, 0.4) is 0 Å². The molecule has 0 saturated heterocycles. The number of alkyl halides is 3. The summed E-state index contributed by atoms with van der Waals surface area (Å²) in [6.45, 7) is -0.227. The molecule has 4 nitrogen and oxygen atoms in total. The maximum atomic E-state index is 12.6. The molecule has 0 aromatic heterocycles. The van der Waals surface area contributed by atoms with Crippen molar-refractivity contribution in [3.8, 4) is 0 Å². The van der Waals surface area contributed by atoms with Crippen LogP contribution < -0.4 is 5.32 Å². The highest BCUT2D eigenvalue weighted by Gasteiger charge is 2.30. The van der Waals surface area contributed by atoms with Gasteiger partial charge in [0.2, 0.25) is 0 Å². The van der Waals surface area contributed by atoms with Crippen molar-refractivity contribution in [2.75, 3.05) is 0 Å². The van der Waals surface area contributed by atoms with Crippen molar-refractivity contribution in [1.29, 1.82) is 0 Å². The van der Waals surface area contributed by atoms with Crippen molar-refractivity contribution in [2.24, 2.45) is 0 Å². The summed E-state index contributed by atoms with van der Waals surface area (Å²) < 4.78 is 42.7. The average molecular weight is 345 g/mol. The molecular formula is C15H14F3NO3S. The van der Waals surface area contributed by atoms with Gasteiger partial charge in [0.1, 0.15) is 6.61 Å². The first-order chi connectivity index (χ1) is 10.8. The summed E-state index contributed by atoms with van der Waals surface area (Å²) in [6.07, 6.45) is -2.54. The molecule has 1 aromatic rings. The van der Waals surface area contributed by atoms with E-state index in [4.69, 9.17) is 4.74 Å². The molecule has 124 valence electrons. The van der Waals surface area contributed by atoms with Crippen LogP contribution in [0.5, 0.6) is 0 Å². The van der Waals surface area contributed by atoms with Crippen LogP contribution in [0.2, 0.25) is 0 Å². The highest BCUT2D eigenvalue weighted by Crippen LogP contribution is 2.32. The summed E-state index contributed by atoms with van der Waals surface area (Å²) >= 11 is 0. The molecule has 1 amide bonds. The standard InChI is InChI=1S/C15H14F3NO3S/c1-23-12(8-19-14(23)21)5-6-13(20)22-9-10-3-2-4-11(7-10)15(16,17)18/h2-4,7-8H,1,5-6,9H2,(H,19,21). The largest absolute Gasteiger partial charge is 0.461 e. The fourth-order valence-electron chi connectivity index (χ4n) is 1.89. The van der Waals surface area contributed by atoms with Gasteiger partial charge in [-0.15, -0.1) is 0 Å². The molecule has 8 heteroatoms. The Bertz CT molecular complexity index is 683. The zero-order chi connectivity index (χ0) is 17.0. The molecule has 0 aliphatic carbocycles. The fourth-order valence-corrected chi connectivity index (χ4v) is 2.88. The molecule has 0 fully saturated rings. The molecule has 1 N–H and O–H groups in total. The molecule has 0 radical (unpaired) electrons. The Morgan fingerprint density at radius 2 is 2.09 bits per heavy atom. The van der Waals surface area contributed by atoms with Crippen LogP contribution in [0.1, 0.15) is 24.0 Å². The van der Waals surface area contributed by atoms with E-state index in [9.17, 15) is 22.8 Å². The first kappa shape index (κ1) is 17.3. The van der Waals surface area contributed by atoms with Gasteiger partial charge in [-0.2, -0.15) is 13.2 Å². The van der Waals surface area contributed by atoms with Crippen LogP contribution in [-0.2, 0) is 22.3 Å². The molecular weight excluding hydrogens is 331 g/mol. The van der Waals surface area contributed by atoms with E-state index >= 15 is 0 Å². The van der Waals surface area contributed by atoms with Crippen LogP contribution in [-0.4, -0.2) is 17.1 Å². The summed E-state index contributed by atoms with van der Waals surface area (Å²) in [5.41, 5.74) is -0.519. The average Bonchev–Trinajstić information content (AvgIpc) is 2.82. The number of benzene rings is 1. The topological polar surface area (TPSA) is 55.4 Å². The van der Waals surface area contributed by atoms with E-state index in [1.807, 2.05) is 0 Å². The Morgan fingerprint density at radius 1 is 1.35 bits per heavy atom. The summed E-state index contributed by atoms with van der Waals surface area (Å²) in [5.74, 6) is 3.15. The second kappa shape index (κ2) is 6.99. The first-order valence-corrected chi connectivity index (χ1v) is 8.02. The third-order valence-corrected chi connectivity index (χ3v) is 4.64. The van der Waals surface area contributed by atoms with Crippen molar-refractivity contribution >= 4 is 27.6 Å². The van der Waals surface area contributed by atoms with E-state index in [0.29, 0.717) is 6.42 Å².